The average molecular weight is 496 g/mol. The zero-order chi connectivity index (χ0) is 24.8. The Morgan fingerprint density at radius 3 is 1.86 bits per heavy atom. The molecule has 0 saturated heterocycles. The molecule has 0 unspecified atom stereocenters. The summed E-state index contributed by atoms with van der Waals surface area (Å²) >= 11 is 6.71. The van der Waals surface area contributed by atoms with Crippen LogP contribution in [0.1, 0.15) is 0 Å². The van der Waals surface area contributed by atoms with Gasteiger partial charge in [-0.15, -0.1) is 0 Å². The van der Waals surface area contributed by atoms with Crippen molar-refractivity contribution in [2.45, 2.75) is 0 Å². The Balaban J connectivity index is 1.48. The third kappa shape index (κ3) is 3.74. The minimum absolute atomic E-state index is 0.603. The van der Waals surface area contributed by atoms with Gasteiger partial charge in [0.2, 0.25) is 0 Å². The fraction of sp³-hybridized carbons (Fsp3) is 0. The molecule has 0 aliphatic heterocycles. The summed E-state index contributed by atoms with van der Waals surface area (Å²) in [5, 5.41) is 4.97. The van der Waals surface area contributed by atoms with E-state index in [2.05, 4.69) is 114 Å². The van der Waals surface area contributed by atoms with E-state index in [1.165, 1.54) is 16.5 Å². The number of hydrogen-bond donors (Lipinski definition) is 0. The Hall–Kier alpha value is -4.53. The first-order chi connectivity index (χ1) is 18.3. The van der Waals surface area contributed by atoms with Gasteiger partial charge in [0.25, 0.3) is 0 Å². The highest BCUT2D eigenvalue weighted by atomic mass is 35.5. The molecule has 0 aliphatic rings. The average Bonchev–Trinajstić information content (AvgIpc) is 3.34. The lowest BCUT2D eigenvalue weighted by molar-refractivity contribution is 0.669. The van der Waals surface area contributed by atoms with Crippen LogP contribution in [0.3, 0.4) is 0 Å². The van der Waals surface area contributed by atoms with Gasteiger partial charge in [-0.1, -0.05) is 96.5 Å². The number of fused-ring (bicyclic) bond motifs is 4. The smallest absolute Gasteiger partial charge is 0.156 e. The summed E-state index contributed by atoms with van der Waals surface area (Å²) in [5.74, 6) is 0. The second-order valence-electron chi connectivity index (χ2n) is 9.15. The van der Waals surface area contributed by atoms with Gasteiger partial charge in [0.05, 0.1) is 16.1 Å². The standard InChI is InChI=1S/C34H22ClNO/c35-30-19-20-31(33-29-21-25-11-7-8-12-26(25)22-32(29)37-34(30)33)36(27-13-5-2-6-14-27)28-17-15-24(16-18-28)23-9-3-1-4-10-23/h1-22H. The Labute approximate surface area is 220 Å². The maximum absolute atomic E-state index is 6.71. The first-order valence-electron chi connectivity index (χ1n) is 12.3. The molecular weight excluding hydrogens is 474 g/mol. The van der Waals surface area contributed by atoms with Gasteiger partial charge in [-0.2, -0.15) is 0 Å². The summed E-state index contributed by atoms with van der Waals surface area (Å²) in [6, 6.07) is 46.2. The third-order valence-electron chi connectivity index (χ3n) is 6.90. The monoisotopic (exact) mass is 495 g/mol. The molecule has 176 valence electrons. The Bertz CT molecular complexity index is 1870. The normalized spacial score (nSPS) is 11.4. The number of furan rings is 1. The second-order valence-corrected chi connectivity index (χ2v) is 9.56. The van der Waals surface area contributed by atoms with E-state index < -0.39 is 0 Å². The molecule has 0 N–H and O–H groups in total. The number of para-hydroxylation sites is 1. The first-order valence-corrected chi connectivity index (χ1v) is 12.7. The molecule has 0 amide bonds. The molecule has 3 heteroatoms. The van der Waals surface area contributed by atoms with Crippen molar-refractivity contribution in [2.75, 3.05) is 4.90 Å². The SMILES string of the molecule is Clc1ccc(N(c2ccccc2)c2ccc(-c3ccccc3)cc2)c2c1oc1cc3ccccc3cc12. The fourth-order valence-corrected chi connectivity index (χ4v) is 5.34. The van der Waals surface area contributed by atoms with Gasteiger partial charge in [0, 0.05) is 16.8 Å². The van der Waals surface area contributed by atoms with Crippen molar-refractivity contribution < 1.29 is 4.42 Å². The van der Waals surface area contributed by atoms with Gasteiger partial charge in [-0.3, -0.25) is 0 Å². The molecule has 7 aromatic rings. The van der Waals surface area contributed by atoms with Crippen LogP contribution in [0.4, 0.5) is 17.1 Å². The van der Waals surface area contributed by atoms with Crippen molar-refractivity contribution in [2.24, 2.45) is 0 Å². The van der Waals surface area contributed by atoms with E-state index in [-0.39, 0.29) is 0 Å². The molecule has 1 heterocycles. The quantitative estimate of drug-likeness (QED) is 0.241. The molecule has 2 nitrogen and oxygen atoms in total. The summed E-state index contributed by atoms with van der Waals surface area (Å²) in [4.78, 5) is 2.28. The predicted molar refractivity (Wildman–Crippen MR) is 156 cm³/mol. The Morgan fingerprint density at radius 2 is 1.14 bits per heavy atom. The largest absolute Gasteiger partial charge is 0.454 e. The number of benzene rings is 6. The first kappa shape index (κ1) is 21.7. The van der Waals surface area contributed by atoms with E-state index in [1.807, 2.05) is 24.3 Å². The lowest BCUT2D eigenvalue weighted by Crippen LogP contribution is -2.10. The van der Waals surface area contributed by atoms with E-state index in [4.69, 9.17) is 16.0 Å². The minimum Gasteiger partial charge on any atom is -0.454 e. The van der Waals surface area contributed by atoms with Crippen LogP contribution in [0, 0.1) is 0 Å². The maximum Gasteiger partial charge on any atom is 0.156 e. The maximum atomic E-state index is 6.71. The van der Waals surface area contributed by atoms with Gasteiger partial charge in [-0.05, 0) is 70.4 Å². The highest BCUT2D eigenvalue weighted by molar-refractivity contribution is 6.37. The summed E-state index contributed by atoms with van der Waals surface area (Å²) < 4.78 is 6.37. The molecule has 37 heavy (non-hydrogen) atoms. The number of hydrogen-bond acceptors (Lipinski definition) is 2. The fourth-order valence-electron chi connectivity index (χ4n) is 5.14. The van der Waals surface area contributed by atoms with Crippen molar-refractivity contribution in [1.82, 2.24) is 0 Å². The topological polar surface area (TPSA) is 16.4 Å². The van der Waals surface area contributed by atoms with Crippen LogP contribution < -0.4 is 4.90 Å². The van der Waals surface area contributed by atoms with Gasteiger partial charge in [0.1, 0.15) is 5.58 Å². The van der Waals surface area contributed by atoms with Crippen LogP contribution in [0.5, 0.6) is 0 Å². The van der Waals surface area contributed by atoms with Crippen LogP contribution in [0.25, 0.3) is 43.8 Å². The Morgan fingerprint density at radius 1 is 0.541 bits per heavy atom. The van der Waals surface area contributed by atoms with E-state index in [0.29, 0.717) is 10.6 Å². The number of nitrogens with zero attached hydrogens (tertiary/aromatic N) is 1. The molecule has 7 rings (SSSR count). The number of anilines is 3. The van der Waals surface area contributed by atoms with E-state index in [9.17, 15) is 0 Å². The molecule has 6 aromatic carbocycles. The van der Waals surface area contributed by atoms with Gasteiger partial charge < -0.3 is 9.32 Å². The van der Waals surface area contributed by atoms with Gasteiger partial charge in [0.15, 0.2) is 5.58 Å². The minimum atomic E-state index is 0.603. The van der Waals surface area contributed by atoms with Crippen LogP contribution in [-0.2, 0) is 0 Å². The number of rotatable bonds is 4. The van der Waals surface area contributed by atoms with Crippen molar-refractivity contribution in [3.05, 3.63) is 138 Å². The zero-order valence-electron chi connectivity index (χ0n) is 19.9. The summed E-state index contributed by atoms with van der Waals surface area (Å²) in [7, 11) is 0. The van der Waals surface area contributed by atoms with Gasteiger partial charge >= 0.3 is 0 Å². The predicted octanol–water partition coefficient (Wildman–Crippen LogP) is 10.5. The van der Waals surface area contributed by atoms with Crippen LogP contribution >= 0.6 is 11.6 Å². The molecule has 0 bridgehead atoms. The molecule has 1 aromatic heterocycles. The second kappa shape index (κ2) is 8.85. The molecule has 0 spiro atoms. The van der Waals surface area contributed by atoms with Crippen LogP contribution in [-0.4, -0.2) is 0 Å². The van der Waals surface area contributed by atoms with Gasteiger partial charge in [-0.25, -0.2) is 0 Å². The zero-order valence-corrected chi connectivity index (χ0v) is 20.7. The molecular formula is C34H22ClNO. The molecule has 0 aliphatic carbocycles. The molecule has 0 radical (unpaired) electrons. The number of halogens is 1. The van der Waals surface area contributed by atoms with Crippen LogP contribution in [0.2, 0.25) is 5.02 Å². The molecule has 0 fully saturated rings. The Kier molecular flexibility index (Phi) is 5.20. The highest BCUT2D eigenvalue weighted by Crippen LogP contribution is 2.45. The van der Waals surface area contributed by atoms with E-state index in [0.717, 1.165) is 38.8 Å². The van der Waals surface area contributed by atoms with Crippen molar-refractivity contribution in [3.8, 4) is 11.1 Å². The van der Waals surface area contributed by atoms with Crippen molar-refractivity contribution in [1.29, 1.82) is 0 Å². The highest BCUT2D eigenvalue weighted by Gasteiger charge is 2.21. The van der Waals surface area contributed by atoms with Crippen LogP contribution in [0.15, 0.2) is 138 Å². The molecule has 0 atom stereocenters. The lowest BCUT2D eigenvalue weighted by Gasteiger charge is -2.26. The van der Waals surface area contributed by atoms with E-state index in [1.54, 1.807) is 0 Å². The molecule has 0 saturated carbocycles. The van der Waals surface area contributed by atoms with E-state index >= 15 is 0 Å². The summed E-state index contributed by atoms with van der Waals surface area (Å²) in [5.41, 5.74) is 7.05. The lowest BCUT2D eigenvalue weighted by atomic mass is 10.0. The third-order valence-corrected chi connectivity index (χ3v) is 7.20. The summed E-state index contributed by atoms with van der Waals surface area (Å²) in [6.45, 7) is 0. The van der Waals surface area contributed by atoms with Crippen molar-refractivity contribution >= 4 is 61.4 Å². The summed E-state index contributed by atoms with van der Waals surface area (Å²) in [6.07, 6.45) is 0. The van der Waals surface area contributed by atoms with Crippen molar-refractivity contribution in [3.63, 3.8) is 0 Å².